The number of aryl methyl sites for hydroxylation is 2. The molecule has 1 atom stereocenters. The van der Waals surface area contributed by atoms with Crippen molar-refractivity contribution in [2.24, 2.45) is 7.05 Å². The molecule has 0 radical (unpaired) electrons. The van der Waals surface area contributed by atoms with Crippen LogP contribution in [-0.2, 0) is 11.8 Å². The average molecular weight is 282 g/mol. The fraction of sp³-hybridized carbons (Fsp3) is 0.692. The number of aromatic nitrogens is 2. The van der Waals surface area contributed by atoms with Gasteiger partial charge in [0.05, 0.1) is 29.7 Å². The summed E-state index contributed by atoms with van der Waals surface area (Å²) in [5.74, 6) is -0.180. The number of hydrogen-bond acceptors (Lipinski definition) is 5. The fourth-order valence-corrected chi connectivity index (χ4v) is 2.62. The Morgan fingerprint density at radius 3 is 2.75 bits per heavy atom. The number of nitrogens with zero attached hydrogens (tertiary/aromatic N) is 3. The van der Waals surface area contributed by atoms with Crippen LogP contribution in [0.3, 0.4) is 0 Å². The van der Waals surface area contributed by atoms with Crippen molar-refractivity contribution in [2.75, 3.05) is 25.4 Å². The molecule has 0 aromatic carbocycles. The number of aliphatic hydroxyl groups excluding tert-OH is 1. The summed E-state index contributed by atoms with van der Waals surface area (Å²) in [6, 6.07) is 0. The van der Waals surface area contributed by atoms with Crippen molar-refractivity contribution in [3.8, 4) is 0 Å². The molecule has 2 heterocycles. The number of nitrogen functional groups attached to an aromatic ring is 1. The van der Waals surface area contributed by atoms with Crippen LogP contribution in [0.25, 0.3) is 0 Å². The highest BCUT2D eigenvalue weighted by Crippen LogP contribution is 2.24. The summed E-state index contributed by atoms with van der Waals surface area (Å²) < 4.78 is 7.21. The van der Waals surface area contributed by atoms with E-state index in [9.17, 15) is 9.90 Å². The number of ether oxygens (including phenoxy) is 1. The molecular formula is C13H22N4O3. The molecule has 1 aromatic rings. The molecule has 1 fully saturated rings. The number of morpholine rings is 1. The highest BCUT2D eigenvalue weighted by atomic mass is 16.5. The van der Waals surface area contributed by atoms with Crippen LogP contribution in [0.5, 0.6) is 0 Å². The number of amides is 1. The quantitative estimate of drug-likeness (QED) is 0.791. The maximum atomic E-state index is 12.7. The first-order valence-electron chi connectivity index (χ1n) is 6.62. The number of aliphatic hydroxyl groups is 1. The Labute approximate surface area is 118 Å². The van der Waals surface area contributed by atoms with Gasteiger partial charge in [0.2, 0.25) is 0 Å². The minimum atomic E-state index is -0.496. The minimum Gasteiger partial charge on any atom is -0.395 e. The molecule has 1 saturated heterocycles. The molecule has 3 N–H and O–H groups in total. The minimum absolute atomic E-state index is 0.118. The Balaban J connectivity index is 2.28. The van der Waals surface area contributed by atoms with Gasteiger partial charge in [-0.05, 0) is 20.8 Å². The second-order valence-electron chi connectivity index (χ2n) is 5.84. The molecule has 1 aliphatic rings. The topological polar surface area (TPSA) is 93.6 Å². The van der Waals surface area contributed by atoms with Gasteiger partial charge in [0.15, 0.2) is 0 Å². The Morgan fingerprint density at radius 2 is 2.25 bits per heavy atom. The van der Waals surface area contributed by atoms with Crippen LogP contribution in [0, 0.1) is 6.92 Å². The Hall–Kier alpha value is -1.60. The number of rotatable bonds is 2. The third-order valence-corrected chi connectivity index (χ3v) is 3.44. The molecule has 1 aliphatic heterocycles. The first-order valence-corrected chi connectivity index (χ1v) is 6.62. The lowest BCUT2D eigenvalue weighted by atomic mass is 10.0. The zero-order chi connectivity index (χ0) is 15.1. The predicted octanol–water partition coefficient (Wildman–Crippen LogP) is -0.0774. The molecule has 7 nitrogen and oxygen atoms in total. The van der Waals surface area contributed by atoms with E-state index < -0.39 is 5.60 Å². The molecule has 1 amide bonds. The van der Waals surface area contributed by atoms with Crippen LogP contribution in [-0.4, -0.2) is 57.1 Å². The maximum absolute atomic E-state index is 12.7. The third kappa shape index (κ3) is 2.64. The van der Waals surface area contributed by atoms with Crippen LogP contribution < -0.4 is 5.73 Å². The van der Waals surface area contributed by atoms with Gasteiger partial charge in [-0.25, -0.2) is 0 Å². The van der Waals surface area contributed by atoms with E-state index >= 15 is 0 Å². The fourth-order valence-electron chi connectivity index (χ4n) is 2.62. The molecule has 0 bridgehead atoms. The van der Waals surface area contributed by atoms with Crippen molar-refractivity contribution in [2.45, 2.75) is 32.5 Å². The molecular weight excluding hydrogens is 260 g/mol. The summed E-state index contributed by atoms with van der Waals surface area (Å²) in [7, 11) is 1.70. The first kappa shape index (κ1) is 14.8. The van der Waals surface area contributed by atoms with Crippen LogP contribution in [0.1, 0.15) is 30.0 Å². The number of anilines is 1. The van der Waals surface area contributed by atoms with E-state index in [2.05, 4.69) is 5.10 Å². The summed E-state index contributed by atoms with van der Waals surface area (Å²) >= 11 is 0. The summed E-state index contributed by atoms with van der Waals surface area (Å²) in [4.78, 5) is 14.3. The Morgan fingerprint density at radius 1 is 1.60 bits per heavy atom. The number of carbonyl (C=O) groups is 1. The first-order chi connectivity index (χ1) is 9.25. The van der Waals surface area contributed by atoms with E-state index in [1.165, 1.54) is 4.68 Å². The van der Waals surface area contributed by atoms with E-state index in [1.54, 1.807) is 18.9 Å². The summed E-state index contributed by atoms with van der Waals surface area (Å²) in [5.41, 5.74) is 6.87. The summed E-state index contributed by atoms with van der Waals surface area (Å²) in [5, 5.41) is 13.5. The van der Waals surface area contributed by atoms with Gasteiger partial charge in [0.25, 0.3) is 5.91 Å². The highest BCUT2D eigenvalue weighted by Gasteiger charge is 2.37. The number of carbonyl (C=O) groups excluding carboxylic acids is 1. The zero-order valence-electron chi connectivity index (χ0n) is 12.4. The van der Waals surface area contributed by atoms with Crippen LogP contribution in [0.15, 0.2) is 0 Å². The molecule has 1 aromatic heterocycles. The van der Waals surface area contributed by atoms with E-state index in [1.807, 2.05) is 13.8 Å². The number of hydrogen-bond donors (Lipinski definition) is 2. The highest BCUT2D eigenvalue weighted by molar-refractivity contribution is 5.98. The molecule has 7 heteroatoms. The van der Waals surface area contributed by atoms with Crippen LogP contribution in [0.2, 0.25) is 0 Å². The molecule has 0 aliphatic carbocycles. The summed E-state index contributed by atoms with van der Waals surface area (Å²) in [6.07, 6.45) is -0.377. The van der Waals surface area contributed by atoms with Crippen molar-refractivity contribution >= 4 is 11.6 Å². The van der Waals surface area contributed by atoms with E-state index in [4.69, 9.17) is 10.5 Å². The van der Waals surface area contributed by atoms with Gasteiger partial charge < -0.3 is 20.5 Å². The molecule has 2 rings (SSSR count). The van der Waals surface area contributed by atoms with Gasteiger partial charge in [-0.1, -0.05) is 0 Å². The van der Waals surface area contributed by atoms with E-state index in [-0.39, 0.29) is 18.6 Å². The molecule has 1 unspecified atom stereocenters. The van der Waals surface area contributed by atoms with Gasteiger partial charge >= 0.3 is 0 Å². The summed E-state index contributed by atoms with van der Waals surface area (Å²) in [6.45, 7) is 6.24. The molecule has 112 valence electrons. The lowest BCUT2D eigenvalue weighted by Crippen LogP contribution is -2.55. The van der Waals surface area contributed by atoms with E-state index in [0.29, 0.717) is 30.2 Å². The van der Waals surface area contributed by atoms with Gasteiger partial charge in [0, 0.05) is 20.1 Å². The van der Waals surface area contributed by atoms with Crippen molar-refractivity contribution < 1.29 is 14.6 Å². The zero-order valence-corrected chi connectivity index (χ0v) is 12.4. The van der Waals surface area contributed by atoms with Crippen molar-refractivity contribution in [1.29, 1.82) is 0 Å². The number of nitrogens with two attached hydrogens (primary N) is 1. The monoisotopic (exact) mass is 282 g/mol. The third-order valence-electron chi connectivity index (χ3n) is 3.44. The maximum Gasteiger partial charge on any atom is 0.274 e. The SMILES string of the molecule is Cc1nn(C)c(C(=O)N2CC(CO)OC(C)(C)C2)c1N. The standard InChI is InChI=1S/C13H22N4O3/c1-8-10(14)11(16(4)15-8)12(19)17-5-9(6-18)20-13(2,3)7-17/h9,18H,5-7,14H2,1-4H3. The van der Waals surface area contributed by atoms with Crippen LogP contribution >= 0.6 is 0 Å². The normalized spacial score (nSPS) is 22.1. The predicted molar refractivity (Wildman–Crippen MR) is 74.3 cm³/mol. The Kier molecular flexibility index (Phi) is 3.75. The largest absolute Gasteiger partial charge is 0.395 e. The van der Waals surface area contributed by atoms with Crippen LogP contribution in [0.4, 0.5) is 5.69 Å². The Bertz CT molecular complexity index is 524. The van der Waals surface area contributed by atoms with E-state index in [0.717, 1.165) is 0 Å². The average Bonchev–Trinajstić information content (AvgIpc) is 2.60. The van der Waals surface area contributed by atoms with Crippen molar-refractivity contribution in [3.63, 3.8) is 0 Å². The lowest BCUT2D eigenvalue weighted by molar-refractivity contribution is -0.139. The van der Waals surface area contributed by atoms with Crippen molar-refractivity contribution in [1.82, 2.24) is 14.7 Å². The molecule has 0 spiro atoms. The second kappa shape index (κ2) is 5.06. The van der Waals surface area contributed by atoms with Gasteiger partial charge in [-0.3, -0.25) is 9.48 Å². The molecule has 20 heavy (non-hydrogen) atoms. The van der Waals surface area contributed by atoms with Gasteiger partial charge in [-0.2, -0.15) is 5.10 Å². The van der Waals surface area contributed by atoms with Gasteiger partial charge in [0.1, 0.15) is 5.69 Å². The lowest BCUT2D eigenvalue weighted by Gasteiger charge is -2.42. The van der Waals surface area contributed by atoms with Gasteiger partial charge in [-0.15, -0.1) is 0 Å². The molecule has 0 saturated carbocycles. The smallest absolute Gasteiger partial charge is 0.274 e. The van der Waals surface area contributed by atoms with Crippen molar-refractivity contribution in [3.05, 3.63) is 11.4 Å². The second-order valence-corrected chi connectivity index (χ2v) is 5.84.